The van der Waals surface area contributed by atoms with E-state index in [1.54, 1.807) is 52.7 Å². The molecule has 3 aromatic heterocycles. The number of carbonyl (C=O) groups excluding carboxylic acids is 3. The summed E-state index contributed by atoms with van der Waals surface area (Å²) in [7, 11) is 0. The van der Waals surface area contributed by atoms with E-state index in [1.165, 1.54) is 17.8 Å². The first-order chi connectivity index (χ1) is 18.9. The zero-order chi connectivity index (χ0) is 27.1. The third-order valence-electron chi connectivity index (χ3n) is 6.84. The number of amides is 4. The number of hydrogen-bond acceptors (Lipinski definition) is 9. The van der Waals surface area contributed by atoms with E-state index in [0.717, 1.165) is 11.1 Å². The van der Waals surface area contributed by atoms with Gasteiger partial charge in [-0.2, -0.15) is 5.10 Å². The molecule has 3 aliphatic rings. The fourth-order valence-corrected chi connectivity index (χ4v) is 6.25. The minimum absolute atomic E-state index is 0.152. The second kappa shape index (κ2) is 9.98. The van der Waals surface area contributed by atoms with Gasteiger partial charge in [0, 0.05) is 49.2 Å². The maximum atomic E-state index is 13.5. The van der Waals surface area contributed by atoms with Crippen molar-refractivity contribution < 1.29 is 19.1 Å². The van der Waals surface area contributed by atoms with Gasteiger partial charge < -0.3 is 20.3 Å². The van der Waals surface area contributed by atoms with Gasteiger partial charge in [0.15, 0.2) is 0 Å². The summed E-state index contributed by atoms with van der Waals surface area (Å²) < 4.78 is 5.68. The summed E-state index contributed by atoms with van der Waals surface area (Å²) in [5.74, 6) is 0.270. The van der Waals surface area contributed by atoms with Crippen LogP contribution in [0.25, 0.3) is 0 Å². The first-order valence-corrected chi connectivity index (χ1v) is 13.2. The largest absolute Gasteiger partial charge is 0.419 e. The molecule has 6 rings (SSSR count). The molecule has 4 amide bonds. The van der Waals surface area contributed by atoms with Crippen LogP contribution in [0.4, 0.5) is 16.2 Å². The highest BCUT2D eigenvalue weighted by Crippen LogP contribution is 2.51. The SMILES string of the molecule is C=CC(=O)N1CCC(NC(=O)[C@@H]2Sc3nccc4c3C2NC(=O)N4c2cnc(Oc3cccnn3)cc2C)C1. The topological polar surface area (TPSA) is 143 Å². The Hall–Kier alpha value is -4.52. The molecule has 0 radical (unpaired) electrons. The Labute approximate surface area is 227 Å². The number of aromatic nitrogens is 4. The van der Waals surface area contributed by atoms with Crippen LogP contribution in [-0.4, -0.2) is 67.3 Å². The summed E-state index contributed by atoms with van der Waals surface area (Å²) in [5, 5.41) is 13.8. The molecule has 12 nitrogen and oxygen atoms in total. The van der Waals surface area contributed by atoms with Crippen molar-refractivity contribution in [2.75, 3.05) is 18.0 Å². The van der Waals surface area contributed by atoms with E-state index in [4.69, 9.17) is 4.74 Å². The van der Waals surface area contributed by atoms with Gasteiger partial charge >= 0.3 is 6.03 Å². The molecule has 1 saturated heterocycles. The molecule has 3 aliphatic heterocycles. The van der Waals surface area contributed by atoms with Crippen LogP contribution >= 0.6 is 11.8 Å². The van der Waals surface area contributed by atoms with Crippen molar-refractivity contribution in [1.82, 2.24) is 35.7 Å². The number of rotatable bonds is 6. The predicted molar refractivity (Wildman–Crippen MR) is 142 cm³/mol. The van der Waals surface area contributed by atoms with Crippen molar-refractivity contribution in [2.24, 2.45) is 0 Å². The lowest BCUT2D eigenvalue weighted by Gasteiger charge is -2.34. The lowest BCUT2D eigenvalue weighted by molar-refractivity contribution is -0.126. The van der Waals surface area contributed by atoms with Crippen molar-refractivity contribution in [3.63, 3.8) is 0 Å². The molecular weight excluding hydrogens is 520 g/mol. The first-order valence-electron chi connectivity index (χ1n) is 12.3. The average molecular weight is 545 g/mol. The van der Waals surface area contributed by atoms with Gasteiger partial charge in [-0.15, -0.1) is 5.10 Å². The first kappa shape index (κ1) is 24.8. The highest BCUT2D eigenvalue weighted by atomic mass is 32.2. The zero-order valence-electron chi connectivity index (χ0n) is 20.9. The summed E-state index contributed by atoms with van der Waals surface area (Å²) in [6.07, 6.45) is 6.68. The normalized spacial score (nSPS) is 21.3. The summed E-state index contributed by atoms with van der Waals surface area (Å²) in [6, 6.07) is 5.79. The minimum atomic E-state index is -0.592. The Morgan fingerprint density at radius 1 is 1.23 bits per heavy atom. The molecule has 6 heterocycles. The fraction of sp³-hybridized carbons (Fsp3) is 0.269. The Morgan fingerprint density at radius 3 is 2.87 bits per heavy atom. The van der Waals surface area contributed by atoms with Gasteiger partial charge in [-0.05, 0) is 37.1 Å². The zero-order valence-corrected chi connectivity index (χ0v) is 21.7. The number of urea groups is 1. The van der Waals surface area contributed by atoms with Gasteiger partial charge in [-0.1, -0.05) is 18.3 Å². The van der Waals surface area contributed by atoms with Crippen LogP contribution in [0.5, 0.6) is 11.8 Å². The molecule has 0 aromatic carbocycles. The third-order valence-corrected chi connectivity index (χ3v) is 8.13. The molecule has 2 N–H and O–H groups in total. The maximum Gasteiger partial charge on any atom is 0.327 e. The van der Waals surface area contributed by atoms with E-state index in [9.17, 15) is 14.4 Å². The molecule has 13 heteroatoms. The molecule has 198 valence electrons. The molecule has 0 spiro atoms. The summed E-state index contributed by atoms with van der Waals surface area (Å²) >= 11 is 1.32. The van der Waals surface area contributed by atoms with Crippen molar-refractivity contribution in [2.45, 2.75) is 35.7 Å². The van der Waals surface area contributed by atoms with Crippen LogP contribution in [0.15, 0.2) is 60.5 Å². The Morgan fingerprint density at radius 2 is 2.10 bits per heavy atom. The van der Waals surface area contributed by atoms with E-state index in [2.05, 4.69) is 37.4 Å². The van der Waals surface area contributed by atoms with Crippen LogP contribution in [0, 0.1) is 6.92 Å². The number of nitrogens with zero attached hydrogens (tertiary/aromatic N) is 6. The number of pyridine rings is 2. The highest BCUT2D eigenvalue weighted by Gasteiger charge is 2.47. The van der Waals surface area contributed by atoms with Gasteiger partial charge in [0.05, 0.1) is 23.6 Å². The molecule has 0 saturated carbocycles. The van der Waals surface area contributed by atoms with Crippen LogP contribution in [0.2, 0.25) is 0 Å². The van der Waals surface area contributed by atoms with Gasteiger partial charge in [-0.3, -0.25) is 14.5 Å². The van der Waals surface area contributed by atoms with Crippen molar-refractivity contribution in [1.29, 1.82) is 0 Å². The van der Waals surface area contributed by atoms with Crippen molar-refractivity contribution in [3.05, 3.63) is 66.6 Å². The molecule has 39 heavy (non-hydrogen) atoms. The van der Waals surface area contributed by atoms with Crippen molar-refractivity contribution >= 4 is 41.0 Å². The lowest BCUT2D eigenvalue weighted by atomic mass is 9.99. The molecule has 3 aromatic rings. The van der Waals surface area contributed by atoms with Crippen LogP contribution in [0.1, 0.15) is 23.6 Å². The van der Waals surface area contributed by atoms with E-state index < -0.39 is 11.3 Å². The number of carbonyl (C=O) groups is 3. The lowest BCUT2D eigenvalue weighted by Crippen LogP contribution is -2.50. The van der Waals surface area contributed by atoms with Crippen LogP contribution in [-0.2, 0) is 9.59 Å². The molecular formula is C26H24N8O4S. The third kappa shape index (κ3) is 4.54. The Kier molecular flexibility index (Phi) is 6.35. The molecule has 1 fully saturated rings. The Bertz CT molecular complexity index is 1490. The smallest absolute Gasteiger partial charge is 0.327 e. The van der Waals surface area contributed by atoms with Gasteiger partial charge in [-0.25, -0.2) is 14.8 Å². The average Bonchev–Trinajstić information content (AvgIpc) is 3.55. The number of thioether (sulfide) groups is 1. The summed E-state index contributed by atoms with van der Waals surface area (Å²) in [4.78, 5) is 50.8. The van der Waals surface area contributed by atoms with E-state index in [-0.39, 0.29) is 23.9 Å². The molecule has 0 aliphatic carbocycles. The van der Waals surface area contributed by atoms with Crippen molar-refractivity contribution in [3.8, 4) is 11.8 Å². The maximum absolute atomic E-state index is 13.5. The van der Waals surface area contributed by atoms with Gasteiger partial charge in [0.1, 0.15) is 10.3 Å². The van der Waals surface area contributed by atoms with Gasteiger partial charge in [0.25, 0.3) is 0 Å². The van der Waals surface area contributed by atoms with Crippen LogP contribution in [0.3, 0.4) is 0 Å². The molecule has 0 bridgehead atoms. The summed E-state index contributed by atoms with van der Waals surface area (Å²) in [5.41, 5.74) is 2.76. The number of likely N-dealkylation sites (tertiary alicyclic amines) is 1. The predicted octanol–water partition coefficient (Wildman–Crippen LogP) is 2.65. The monoisotopic (exact) mass is 544 g/mol. The number of hydrogen-bond donors (Lipinski definition) is 2. The second-order valence-corrected chi connectivity index (χ2v) is 10.4. The second-order valence-electron chi connectivity index (χ2n) is 9.31. The molecule has 2 unspecified atom stereocenters. The highest BCUT2D eigenvalue weighted by molar-refractivity contribution is 8.01. The standard InChI is InChI=1S/C26H24N8O4S/c1-3-20(35)33-10-7-15(13-33)30-24(36)23-22-21-16(6-9-27-25(21)39-23)34(26(37)31-22)17-12-28-19(11-14(17)2)38-18-5-4-8-29-32-18/h3-6,8-9,11-12,15,22-23H,1,7,10,13H2,2H3,(H,30,36)(H,31,37)/t15?,22?,23-/m1/s1. The number of aryl methyl sites for hydroxylation is 1. The summed E-state index contributed by atoms with van der Waals surface area (Å²) in [6.45, 7) is 6.37. The number of ether oxygens (including phenoxy) is 1. The van der Waals surface area contributed by atoms with E-state index >= 15 is 0 Å². The van der Waals surface area contributed by atoms with E-state index in [1.807, 2.05) is 6.92 Å². The fourth-order valence-electron chi connectivity index (χ4n) is 5.02. The Balaban J connectivity index is 1.23. The quantitative estimate of drug-likeness (QED) is 0.448. The number of anilines is 2. The van der Waals surface area contributed by atoms with Crippen LogP contribution < -0.4 is 20.3 Å². The van der Waals surface area contributed by atoms with Gasteiger partial charge in [0.2, 0.25) is 23.6 Å². The molecule has 3 atom stereocenters. The van der Waals surface area contributed by atoms with E-state index in [0.29, 0.717) is 47.7 Å². The minimum Gasteiger partial charge on any atom is -0.419 e. The number of nitrogens with one attached hydrogen (secondary N) is 2.